The molecule has 2 atom stereocenters. The highest BCUT2D eigenvalue weighted by Crippen LogP contribution is 2.24. The van der Waals surface area contributed by atoms with E-state index in [9.17, 15) is 14.7 Å². The topological polar surface area (TPSA) is 104 Å². The van der Waals surface area contributed by atoms with Gasteiger partial charge >= 0.3 is 0 Å². The molecule has 2 aromatic rings. The molecule has 0 saturated carbocycles. The fraction of sp³-hybridized carbons (Fsp3) is 0.391. The van der Waals surface area contributed by atoms with Crippen molar-refractivity contribution < 1.29 is 14.7 Å². The summed E-state index contributed by atoms with van der Waals surface area (Å²) in [5.41, 5.74) is 9.71. The molecule has 0 saturated heterocycles. The van der Waals surface area contributed by atoms with Crippen molar-refractivity contribution in [2.45, 2.75) is 52.1 Å². The molecule has 0 bridgehead atoms. The van der Waals surface area contributed by atoms with E-state index < -0.39 is 18.0 Å². The first-order valence-electron chi connectivity index (χ1n) is 9.94. The van der Waals surface area contributed by atoms with Gasteiger partial charge in [0.05, 0.1) is 6.04 Å². The van der Waals surface area contributed by atoms with Crippen molar-refractivity contribution in [3.63, 3.8) is 0 Å². The first-order chi connectivity index (χ1) is 13.8. The molecule has 0 aliphatic carbocycles. The molecular weight excluding hydrogens is 366 g/mol. The summed E-state index contributed by atoms with van der Waals surface area (Å²) in [6.07, 6.45) is 1.91. The van der Waals surface area contributed by atoms with Crippen LogP contribution in [0.15, 0.2) is 42.5 Å². The van der Waals surface area contributed by atoms with Gasteiger partial charge in [-0.25, -0.2) is 0 Å². The van der Waals surface area contributed by atoms with Crippen molar-refractivity contribution in [2.24, 2.45) is 5.73 Å². The number of carbonyl (C=O) groups is 2. The first kappa shape index (κ1) is 22.4. The number of hydrogen-bond acceptors (Lipinski definition) is 4. The minimum atomic E-state index is -0.851. The van der Waals surface area contributed by atoms with Gasteiger partial charge in [0.15, 0.2) is 0 Å². The van der Waals surface area contributed by atoms with Crippen molar-refractivity contribution >= 4 is 11.8 Å². The third kappa shape index (κ3) is 6.91. The molecular formula is C23H31N3O3. The number of carbonyl (C=O) groups excluding carboxylic acids is 2. The van der Waals surface area contributed by atoms with Gasteiger partial charge in [0.2, 0.25) is 11.8 Å². The van der Waals surface area contributed by atoms with Gasteiger partial charge < -0.3 is 21.5 Å². The Bertz CT molecular complexity index is 814. The highest BCUT2D eigenvalue weighted by molar-refractivity contribution is 5.89. The molecule has 6 nitrogen and oxygen atoms in total. The largest absolute Gasteiger partial charge is 0.508 e. The third-order valence-corrected chi connectivity index (χ3v) is 4.89. The summed E-state index contributed by atoms with van der Waals surface area (Å²) in [4.78, 5) is 24.6. The minimum Gasteiger partial charge on any atom is -0.508 e. The Hall–Kier alpha value is -2.86. The summed E-state index contributed by atoms with van der Waals surface area (Å²) in [6, 6.07) is 12.1. The van der Waals surface area contributed by atoms with Crippen LogP contribution in [0.25, 0.3) is 0 Å². The summed E-state index contributed by atoms with van der Waals surface area (Å²) in [5.74, 6) is -0.528. The predicted octanol–water partition coefficient (Wildman–Crippen LogP) is 2.13. The number of aromatic hydroxyl groups is 1. The van der Waals surface area contributed by atoms with E-state index in [1.165, 1.54) is 5.56 Å². The molecule has 0 radical (unpaired) electrons. The summed E-state index contributed by atoms with van der Waals surface area (Å²) in [7, 11) is 0. The number of benzene rings is 2. The van der Waals surface area contributed by atoms with Crippen LogP contribution in [0.5, 0.6) is 5.75 Å². The predicted molar refractivity (Wildman–Crippen MR) is 115 cm³/mol. The van der Waals surface area contributed by atoms with Crippen LogP contribution >= 0.6 is 0 Å². The van der Waals surface area contributed by atoms with E-state index in [0.29, 0.717) is 12.1 Å². The van der Waals surface area contributed by atoms with Crippen LogP contribution in [-0.2, 0) is 22.4 Å². The van der Waals surface area contributed by atoms with E-state index in [0.717, 1.165) is 24.0 Å². The van der Waals surface area contributed by atoms with Gasteiger partial charge in [-0.1, -0.05) is 36.4 Å². The molecule has 156 valence electrons. The fourth-order valence-corrected chi connectivity index (χ4v) is 3.24. The zero-order valence-corrected chi connectivity index (χ0v) is 17.4. The second-order valence-corrected chi connectivity index (χ2v) is 7.50. The first-order valence-corrected chi connectivity index (χ1v) is 9.94. The van der Waals surface area contributed by atoms with Gasteiger partial charge in [-0.3, -0.25) is 9.59 Å². The lowest BCUT2D eigenvalue weighted by Gasteiger charge is -2.19. The molecule has 0 aromatic heterocycles. The molecule has 1 unspecified atom stereocenters. The number of aryl methyl sites for hydroxylation is 3. The molecule has 2 aromatic carbocycles. The van der Waals surface area contributed by atoms with Gasteiger partial charge in [-0.2, -0.15) is 0 Å². The lowest BCUT2D eigenvalue weighted by Crippen LogP contribution is -2.51. The van der Waals surface area contributed by atoms with Crippen LogP contribution in [0.4, 0.5) is 0 Å². The fourth-order valence-electron chi connectivity index (χ4n) is 3.24. The van der Waals surface area contributed by atoms with Gasteiger partial charge in [0.25, 0.3) is 0 Å². The molecule has 2 rings (SSSR count). The van der Waals surface area contributed by atoms with Gasteiger partial charge in [-0.05, 0) is 61.9 Å². The maximum atomic E-state index is 12.4. The van der Waals surface area contributed by atoms with Crippen LogP contribution in [0.2, 0.25) is 0 Å². The van der Waals surface area contributed by atoms with Gasteiger partial charge in [-0.15, -0.1) is 0 Å². The van der Waals surface area contributed by atoms with E-state index in [-0.39, 0.29) is 18.1 Å². The van der Waals surface area contributed by atoms with Gasteiger partial charge in [0.1, 0.15) is 11.8 Å². The average molecular weight is 398 g/mol. The number of amides is 2. The second-order valence-electron chi connectivity index (χ2n) is 7.50. The van der Waals surface area contributed by atoms with Crippen molar-refractivity contribution in [3.05, 3.63) is 64.7 Å². The normalized spacial score (nSPS) is 12.8. The standard InChI is InChI=1S/C23H31N3O3/c1-15-12-16(2)19(21(27)13-15)14-20(24)23(29)26-17(3)22(28)25-11-7-10-18-8-5-4-6-9-18/h4-6,8-9,12-13,17,20,27H,7,10-11,14,24H2,1-3H3,(H,25,28)(H,26,29)/t17-,20?/m1/s1. The van der Waals surface area contributed by atoms with Crippen LogP contribution in [0.1, 0.15) is 35.6 Å². The van der Waals surface area contributed by atoms with Crippen molar-refractivity contribution in [1.29, 1.82) is 0 Å². The molecule has 6 heteroatoms. The lowest BCUT2D eigenvalue weighted by atomic mass is 9.98. The summed E-state index contributed by atoms with van der Waals surface area (Å²) < 4.78 is 0. The molecule has 29 heavy (non-hydrogen) atoms. The van der Waals surface area contributed by atoms with Crippen LogP contribution in [0.3, 0.4) is 0 Å². The lowest BCUT2D eigenvalue weighted by molar-refractivity contribution is -0.129. The average Bonchev–Trinajstić information content (AvgIpc) is 2.68. The number of phenols is 1. The summed E-state index contributed by atoms with van der Waals surface area (Å²) in [5, 5.41) is 15.6. The van der Waals surface area contributed by atoms with E-state index in [1.807, 2.05) is 38.1 Å². The molecule has 2 amide bonds. The van der Waals surface area contributed by atoms with E-state index in [1.54, 1.807) is 13.0 Å². The molecule has 0 fully saturated rings. The van der Waals surface area contributed by atoms with Crippen molar-refractivity contribution in [3.8, 4) is 5.75 Å². The number of hydrogen-bond donors (Lipinski definition) is 4. The van der Waals surface area contributed by atoms with Crippen molar-refractivity contribution in [2.75, 3.05) is 6.54 Å². The monoisotopic (exact) mass is 397 g/mol. The molecule has 0 heterocycles. The Kier molecular flexibility index (Phi) is 8.21. The Morgan fingerprint density at radius 3 is 2.45 bits per heavy atom. The Morgan fingerprint density at radius 1 is 1.10 bits per heavy atom. The van der Waals surface area contributed by atoms with Crippen molar-refractivity contribution in [1.82, 2.24) is 10.6 Å². The van der Waals surface area contributed by atoms with E-state index >= 15 is 0 Å². The maximum absolute atomic E-state index is 12.4. The molecule has 0 aliphatic rings. The Labute approximate surface area is 172 Å². The van der Waals surface area contributed by atoms with Crippen LogP contribution in [0, 0.1) is 13.8 Å². The minimum absolute atomic E-state index is 0.134. The Balaban J connectivity index is 1.77. The maximum Gasteiger partial charge on any atom is 0.242 e. The van der Waals surface area contributed by atoms with Gasteiger partial charge in [0, 0.05) is 13.0 Å². The third-order valence-electron chi connectivity index (χ3n) is 4.89. The number of phenolic OH excluding ortho intramolecular Hbond substituents is 1. The number of nitrogens with one attached hydrogen (secondary N) is 2. The van der Waals surface area contributed by atoms with Crippen LogP contribution in [-0.4, -0.2) is 35.5 Å². The molecule has 5 N–H and O–H groups in total. The van der Waals surface area contributed by atoms with E-state index in [2.05, 4.69) is 22.8 Å². The van der Waals surface area contributed by atoms with E-state index in [4.69, 9.17) is 5.73 Å². The molecule has 0 aliphatic heterocycles. The highest BCUT2D eigenvalue weighted by atomic mass is 16.3. The number of rotatable bonds is 9. The molecule has 0 spiro atoms. The zero-order chi connectivity index (χ0) is 21.4. The number of nitrogens with two attached hydrogens (primary N) is 1. The summed E-state index contributed by atoms with van der Waals surface area (Å²) in [6.45, 7) is 5.93. The summed E-state index contributed by atoms with van der Waals surface area (Å²) >= 11 is 0. The SMILES string of the molecule is Cc1cc(C)c(CC(N)C(=O)N[C@H](C)C(=O)NCCCc2ccccc2)c(O)c1. The second kappa shape index (κ2) is 10.6. The highest BCUT2D eigenvalue weighted by Gasteiger charge is 2.21. The quantitative estimate of drug-likeness (QED) is 0.487. The smallest absolute Gasteiger partial charge is 0.242 e. The Morgan fingerprint density at radius 2 is 1.79 bits per heavy atom. The van der Waals surface area contributed by atoms with Crippen LogP contribution < -0.4 is 16.4 Å². The zero-order valence-electron chi connectivity index (χ0n) is 17.4.